The summed E-state index contributed by atoms with van der Waals surface area (Å²) in [6.07, 6.45) is 9.00. The smallest absolute Gasteiger partial charge is 0.180 e. The van der Waals surface area contributed by atoms with Gasteiger partial charge in [-0.1, -0.05) is 25.0 Å². The van der Waals surface area contributed by atoms with Crippen LogP contribution in [0.1, 0.15) is 69.1 Å². The summed E-state index contributed by atoms with van der Waals surface area (Å²) in [5.74, 6) is 1.52. The molecule has 160 valence electrons. The average Bonchev–Trinajstić information content (AvgIpc) is 3.36. The van der Waals surface area contributed by atoms with E-state index in [-0.39, 0.29) is 0 Å². The monoisotopic (exact) mass is 410 g/mol. The predicted molar refractivity (Wildman–Crippen MR) is 112 cm³/mol. The van der Waals surface area contributed by atoms with Gasteiger partial charge in [0.05, 0.1) is 36.2 Å². The molecular formula is C21H30N8O. The Morgan fingerprint density at radius 1 is 1.10 bits per heavy atom. The highest BCUT2D eigenvalue weighted by molar-refractivity contribution is 5.58. The van der Waals surface area contributed by atoms with Crippen molar-refractivity contribution in [2.75, 3.05) is 0 Å². The number of nitrogens with zero attached hydrogens (tertiary/aromatic N) is 8. The van der Waals surface area contributed by atoms with Crippen LogP contribution >= 0.6 is 0 Å². The van der Waals surface area contributed by atoms with E-state index >= 15 is 0 Å². The predicted octanol–water partition coefficient (Wildman–Crippen LogP) is 3.27. The van der Waals surface area contributed by atoms with Crippen LogP contribution in [0.15, 0.2) is 12.1 Å². The lowest BCUT2D eigenvalue weighted by Gasteiger charge is -2.23. The molecular weight excluding hydrogens is 380 g/mol. The Kier molecular flexibility index (Phi) is 6.35. The van der Waals surface area contributed by atoms with Crippen LogP contribution in [0, 0.1) is 6.92 Å². The van der Waals surface area contributed by atoms with E-state index in [2.05, 4.69) is 32.6 Å². The SMILES string of the molecule is CCCCn1nnc(Cc2c(-c3ccc(OC4CCCCC4)c(C)n3)nnn2C)n1. The van der Waals surface area contributed by atoms with Crippen LogP contribution in [-0.2, 0) is 20.0 Å². The summed E-state index contributed by atoms with van der Waals surface area (Å²) in [6.45, 7) is 4.91. The molecule has 0 aliphatic heterocycles. The largest absolute Gasteiger partial charge is 0.489 e. The third kappa shape index (κ3) is 4.66. The molecule has 30 heavy (non-hydrogen) atoms. The number of ether oxygens (including phenoxy) is 1. The van der Waals surface area contributed by atoms with Gasteiger partial charge in [-0.2, -0.15) is 4.80 Å². The Labute approximate surface area is 176 Å². The number of pyridine rings is 1. The fraction of sp³-hybridized carbons (Fsp3) is 0.619. The number of hydrogen-bond acceptors (Lipinski definition) is 7. The van der Waals surface area contributed by atoms with Gasteiger partial charge in [0.1, 0.15) is 11.4 Å². The summed E-state index contributed by atoms with van der Waals surface area (Å²) < 4.78 is 7.96. The molecule has 0 N–H and O–H groups in total. The molecule has 0 saturated heterocycles. The van der Waals surface area contributed by atoms with Gasteiger partial charge in [-0.05, 0) is 56.4 Å². The van der Waals surface area contributed by atoms with Crippen molar-refractivity contribution < 1.29 is 4.74 Å². The minimum absolute atomic E-state index is 0.304. The number of aromatic nitrogens is 8. The van der Waals surface area contributed by atoms with Crippen molar-refractivity contribution in [3.05, 3.63) is 29.3 Å². The summed E-state index contributed by atoms with van der Waals surface area (Å²) in [6, 6.07) is 3.97. The van der Waals surface area contributed by atoms with Gasteiger partial charge in [0.15, 0.2) is 5.82 Å². The molecule has 0 atom stereocenters. The van der Waals surface area contributed by atoms with Crippen LogP contribution in [0.3, 0.4) is 0 Å². The number of unbranched alkanes of at least 4 members (excludes halogenated alkanes) is 1. The lowest BCUT2D eigenvalue weighted by molar-refractivity contribution is 0.153. The van der Waals surface area contributed by atoms with Crippen LogP contribution < -0.4 is 4.74 Å². The molecule has 0 radical (unpaired) electrons. The van der Waals surface area contributed by atoms with Crippen LogP contribution in [0.25, 0.3) is 11.4 Å². The minimum Gasteiger partial charge on any atom is -0.489 e. The minimum atomic E-state index is 0.304. The lowest BCUT2D eigenvalue weighted by atomic mass is 9.98. The molecule has 1 fully saturated rings. The fourth-order valence-electron chi connectivity index (χ4n) is 3.83. The second-order valence-corrected chi connectivity index (χ2v) is 8.00. The molecule has 0 aromatic carbocycles. The zero-order valence-corrected chi connectivity index (χ0v) is 18.1. The molecule has 0 bridgehead atoms. The van der Waals surface area contributed by atoms with Crippen molar-refractivity contribution in [2.45, 2.75) is 77.9 Å². The van der Waals surface area contributed by atoms with Gasteiger partial charge in [0.2, 0.25) is 0 Å². The topological polar surface area (TPSA) is 96.4 Å². The second-order valence-electron chi connectivity index (χ2n) is 8.00. The van der Waals surface area contributed by atoms with E-state index in [0.717, 1.165) is 60.8 Å². The van der Waals surface area contributed by atoms with E-state index in [1.807, 2.05) is 26.1 Å². The van der Waals surface area contributed by atoms with Crippen molar-refractivity contribution in [3.63, 3.8) is 0 Å². The maximum atomic E-state index is 6.21. The number of aryl methyl sites for hydroxylation is 3. The van der Waals surface area contributed by atoms with E-state index < -0.39 is 0 Å². The number of hydrogen-bond donors (Lipinski definition) is 0. The maximum Gasteiger partial charge on any atom is 0.180 e. The second kappa shape index (κ2) is 9.32. The van der Waals surface area contributed by atoms with Crippen molar-refractivity contribution in [3.8, 4) is 17.1 Å². The van der Waals surface area contributed by atoms with Crippen LogP contribution in [-0.4, -0.2) is 46.3 Å². The Balaban J connectivity index is 1.51. The fourth-order valence-corrected chi connectivity index (χ4v) is 3.83. The molecule has 0 spiro atoms. The van der Waals surface area contributed by atoms with Crippen LogP contribution in [0.2, 0.25) is 0 Å². The van der Waals surface area contributed by atoms with E-state index in [1.54, 1.807) is 9.48 Å². The zero-order valence-electron chi connectivity index (χ0n) is 18.1. The molecule has 3 aromatic heterocycles. The Hall–Kier alpha value is -2.84. The van der Waals surface area contributed by atoms with E-state index in [1.165, 1.54) is 19.3 Å². The van der Waals surface area contributed by atoms with Crippen molar-refractivity contribution in [2.24, 2.45) is 7.05 Å². The van der Waals surface area contributed by atoms with Crippen molar-refractivity contribution in [1.82, 2.24) is 40.2 Å². The summed E-state index contributed by atoms with van der Waals surface area (Å²) in [7, 11) is 1.88. The molecule has 1 aliphatic carbocycles. The molecule has 0 unspecified atom stereocenters. The molecule has 1 saturated carbocycles. The van der Waals surface area contributed by atoms with Crippen molar-refractivity contribution >= 4 is 0 Å². The molecule has 4 rings (SSSR count). The first-order chi connectivity index (χ1) is 14.6. The zero-order chi connectivity index (χ0) is 20.9. The molecule has 0 amide bonds. The average molecular weight is 411 g/mol. The highest BCUT2D eigenvalue weighted by Gasteiger charge is 2.20. The molecule has 1 aliphatic rings. The quantitative estimate of drug-likeness (QED) is 0.562. The normalized spacial score (nSPS) is 14.9. The van der Waals surface area contributed by atoms with E-state index in [4.69, 9.17) is 9.72 Å². The lowest BCUT2D eigenvalue weighted by Crippen LogP contribution is -2.20. The summed E-state index contributed by atoms with van der Waals surface area (Å²) in [5, 5.41) is 21.4. The van der Waals surface area contributed by atoms with Gasteiger partial charge < -0.3 is 4.74 Å². The first kappa shape index (κ1) is 20.4. The third-order valence-electron chi connectivity index (χ3n) is 5.60. The highest BCUT2D eigenvalue weighted by atomic mass is 16.5. The summed E-state index contributed by atoms with van der Waals surface area (Å²) in [4.78, 5) is 6.42. The third-order valence-corrected chi connectivity index (χ3v) is 5.60. The van der Waals surface area contributed by atoms with E-state index in [0.29, 0.717) is 18.3 Å². The standard InChI is InChI=1S/C21H30N8O/c1-4-5-13-29-25-20(23-27-29)14-18-21(24-26-28(18)3)17-11-12-19(15(2)22-17)30-16-9-7-6-8-10-16/h11-12,16H,4-10,13-14H2,1-3H3. The van der Waals surface area contributed by atoms with E-state index in [9.17, 15) is 0 Å². The first-order valence-electron chi connectivity index (χ1n) is 10.9. The Morgan fingerprint density at radius 3 is 2.70 bits per heavy atom. The molecule has 9 heteroatoms. The molecule has 9 nitrogen and oxygen atoms in total. The Bertz CT molecular complexity index is 973. The number of tetrazole rings is 1. The van der Waals surface area contributed by atoms with Gasteiger partial charge in [-0.15, -0.1) is 15.3 Å². The van der Waals surface area contributed by atoms with Gasteiger partial charge >= 0.3 is 0 Å². The van der Waals surface area contributed by atoms with Gasteiger partial charge in [-0.3, -0.25) is 4.68 Å². The highest BCUT2D eigenvalue weighted by Crippen LogP contribution is 2.28. The summed E-state index contributed by atoms with van der Waals surface area (Å²) in [5.41, 5.74) is 3.32. The van der Waals surface area contributed by atoms with Crippen LogP contribution in [0.4, 0.5) is 0 Å². The molecule has 3 heterocycles. The van der Waals surface area contributed by atoms with Gasteiger partial charge in [0, 0.05) is 7.05 Å². The number of rotatable bonds is 8. The van der Waals surface area contributed by atoms with Gasteiger partial charge in [0.25, 0.3) is 0 Å². The molecule has 3 aromatic rings. The first-order valence-corrected chi connectivity index (χ1v) is 10.9. The van der Waals surface area contributed by atoms with Crippen LogP contribution in [0.5, 0.6) is 5.75 Å². The van der Waals surface area contributed by atoms with Crippen molar-refractivity contribution in [1.29, 1.82) is 0 Å². The Morgan fingerprint density at radius 2 is 1.93 bits per heavy atom. The maximum absolute atomic E-state index is 6.21. The van der Waals surface area contributed by atoms with Gasteiger partial charge in [-0.25, -0.2) is 4.98 Å². The summed E-state index contributed by atoms with van der Waals surface area (Å²) >= 11 is 0.